The van der Waals surface area contributed by atoms with Crippen molar-refractivity contribution in [3.05, 3.63) is 0 Å². The molecule has 6 heteroatoms. The van der Waals surface area contributed by atoms with Crippen LogP contribution in [0, 0.1) is 17.8 Å². The van der Waals surface area contributed by atoms with Gasteiger partial charge in [-0.05, 0) is 11.8 Å². The van der Waals surface area contributed by atoms with Crippen LogP contribution in [0.2, 0.25) is 0 Å². The van der Waals surface area contributed by atoms with E-state index >= 15 is 0 Å². The van der Waals surface area contributed by atoms with Crippen molar-refractivity contribution in [3.8, 4) is 0 Å². The van der Waals surface area contributed by atoms with Gasteiger partial charge in [0, 0.05) is 5.92 Å². The highest BCUT2D eigenvalue weighted by atomic mass is 32.7. The van der Waals surface area contributed by atoms with Gasteiger partial charge in [0.05, 0.1) is 11.7 Å². The highest BCUT2D eigenvalue weighted by Gasteiger charge is 2.34. The van der Waals surface area contributed by atoms with Gasteiger partial charge in [-0.2, -0.15) is 0 Å². The summed E-state index contributed by atoms with van der Waals surface area (Å²) in [5, 5.41) is 0. The Balaban J connectivity index is 0.000000873. The largest absolute Gasteiger partial charge is 0.393 e. The lowest BCUT2D eigenvalue weighted by Gasteiger charge is -2.40. The zero-order chi connectivity index (χ0) is 14.3. The van der Waals surface area contributed by atoms with Crippen molar-refractivity contribution < 1.29 is 14.0 Å². The summed E-state index contributed by atoms with van der Waals surface area (Å²) in [4.78, 5) is 0. The van der Waals surface area contributed by atoms with E-state index in [-0.39, 0.29) is 6.29 Å². The second kappa shape index (κ2) is 9.66. The molecule has 1 aliphatic rings. The van der Waals surface area contributed by atoms with Gasteiger partial charge in [0.25, 0.3) is 0 Å². The molecule has 3 nitrogen and oxygen atoms in total. The number of ether oxygens (including phenoxy) is 2. The average Bonchev–Trinajstić information content (AvgIpc) is 2.29. The van der Waals surface area contributed by atoms with Gasteiger partial charge in [-0.3, -0.25) is 0 Å². The Hall–Kier alpha value is 0.800. The second-order valence-corrected chi connectivity index (χ2v) is 7.67. The maximum atomic E-state index is 8.82. The zero-order valence-corrected chi connectivity index (χ0v) is 15.0. The molecule has 1 heterocycles. The minimum Gasteiger partial charge on any atom is -0.345 e. The normalized spacial score (nSPS) is 30.0. The molecule has 0 aliphatic carbocycles. The Morgan fingerprint density at radius 3 is 1.50 bits per heavy atom. The average molecular weight is 313 g/mol. The maximum absolute atomic E-state index is 8.82. The van der Waals surface area contributed by atoms with E-state index < -0.39 is 7.66 Å². The monoisotopic (exact) mass is 313 g/mol. The molecule has 0 aromatic heterocycles. The molecule has 1 rings (SSSR count). The summed E-state index contributed by atoms with van der Waals surface area (Å²) in [6.07, 6.45) is -0.00829. The molecule has 0 aromatic rings. The maximum Gasteiger partial charge on any atom is 0.393 e. The molecule has 0 bridgehead atoms. The van der Waals surface area contributed by atoms with Crippen LogP contribution in [-0.2, 0) is 14.0 Å². The fourth-order valence-electron chi connectivity index (χ4n) is 1.57. The molecule has 0 radical (unpaired) electrons. The van der Waals surface area contributed by atoms with Gasteiger partial charge >= 0.3 is 7.66 Å². The summed E-state index contributed by atoms with van der Waals surface area (Å²) < 4.78 is 20.8. The minimum atomic E-state index is -0.472. The third kappa shape index (κ3) is 6.82. The number of hydrogen-bond acceptors (Lipinski definition) is 3. The van der Waals surface area contributed by atoms with Gasteiger partial charge < -0.3 is 9.47 Å². The van der Waals surface area contributed by atoms with E-state index in [1.165, 1.54) is 0 Å². The first kappa shape index (κ1) is 18.8. The van der Waals surface area contributed by atoms with Gasteiger partial charge in [0.15, 0.2) is 6.29 Å². The molecule has 18 heavy (non-hydrogen) atoms. The van der Waals surface area contributed by atoms with Gasteiger partial charge in [0.2, 0.25) is 0 Å². The molecule has 1 fully saturated rings. The van der Waals surface area contributed by atoms with E-state index in [1.54, 1.807) is 0 Å². The second-order valence-electron chi connectivity index (χ2n) is 5.47. The summed E-state index contributed by atoms with van der Waals surface area (Å²) in [6, 6.07) is 0. The lowest BCUT2D eigenvalue weighted by Crippen LogP contribution is -2.39. The van der Waals surface area contributed by atoms with E-state index in [0.717, 1.165) is 8.58 Å². The predicted molar refractivity (Wildman–Crippen MR) is 84.4 cm³/mol. The first-order valence-electron chi connectivity index (χ1n) is 6.41. The fourth-order valence-corrected chi connectivity index (χ4v) is 3.09. The summed E-state index contributed by atoms with van der Waals surface area (Å²) in [7, 11) is 0.307. The Kier molecular flexibility index (Phi) is 10.1. The number of thiol groups is 1. The first-order valence-corrected chi connectivity index (χ1v) is 9.76. The molecule has 3 unspecified atom stereocenters. The molecular weight excluding hydrogens is 286 g/mol. The van der Waals surface area contributed by atoms with E-state index in [9.17, 15) is 0 Å². The molecule has 1 saturated heterocycles. The standard InChI is InChI=1S/C12H25O2P.HOPS/c1-7(2)10-13-11(8(3)4)15-12(14-10)9(5)6;1-2-3/h7-12,15H,1-6H3;(H,1,3)/p+1. The molecular formula is C12H27O3P2S+. The molecule has 0 saturated carbocycles. The Morgan fingerprint density at radius 2 is 1.28 bits per heavy atom. The van der Waals surface area contributed by atoms with Gasteiger partial charge in [0.1, 0.15) is 12.2 Å². The molecule has 0 spiro atoms. The van der Waals surface area contributed by atoms with Crippen LogP contribution in [0.5, 0.6) is 0 Å². The highest BCUT2D eigenvalue weighted by Crippen LogP contribution is 2.42. The zero-order valence-electron chi connectivity index (χ0n) is 12.1. The van der Waals surface area contributed by atoms with Crippen molar-refractivity contribution in [2.75, 3.05) is 0 Å². The molecule has 0 aromatic carbocycles. The Morgan fingerprint density at radius 1 is 0.944 bits per heavy atom. The number of rotatable bonds is 3. The summed E-state index contributed by atoms with van der Waals surface area (Å²) in [5.41, 5.74) is 0. The van der Waals surface area contributed by atoms with Crippen molar-refractivity contribution in [1.82, 2.24) is 0 Å². The first-order chi connectivity index (χ1) is 8.33. The van der Waals surface area contributed by atoms with Crippen molar-refractivity contribution in [3.63, 3.8) is 0 Å². The van der Waals surface area contributed by atoms with E-state index in [0.29, 0.717) is 29.4 Å². The summed E-state index contributed by atoms with van der Waals surface area (Å²) in [6.45, 7) is 13.3. The van der Waals surface area contributed by atoms with Crippen molar-refractivity contribution in [2.24, 2.45) is 17.8 Å². The fraction of sp³-hybridized carbons (Fsp3) is 1.00. The van der Waals surface area contributed by atoms with E-state index in [4.69, 9.17) is 14.0 Å². The Bertz CT molecular complexity index is 198. The third-order valence-corrected chi connectivity index (χ3v) is 4.91. The van der Waals surface area contributed by atoms with Crippen LogP contribution in [0.4, 0.5) is 0 Å². The number of hydrogen-bond donors (Lipinski definition) is 1. The molecule has 3 atom stereocenters. The molecule has 1 aliphatic heterocycles. The summed E-state index contributed by atoms with van der Waals surface area (Å²) >= 11 is 3.26. The van der Waals surface area contributed by atoms with Crippen LogP contribution in [0.25, 0.3) is 0 Å². The van der Waals surface area contributed by atoms with Gasteiger partial charge in [-0.15, -0.1) is 0 Å². The van der Waals surface area contributed by atoms with Crippen molar-refractivity contribution in [2.45, 2.75) is 59.5 Å². The quantitative estimate of drug-likeness (QED) is 0.615. The Labute approximate surface area is 120 Å². The van der Waals surface area contributed by atoms with Crippen LogP contribution in [0.1, 0.15) is 41.5 Å². The SMILES string of the molecule is CC(C)C1OC(C(C)C)PC(C(C)C)O1.O=[PH+]S. The van der Waals surface area contributed by atoms with Crippen LogP contribution in [0.3, 0.4) is 0 Å². The lowest BCUT2D eigenvalue weighted by molar-refractivity contribution is -0.209. The molecule has 0 N–H and O–H groups in total. The molecule has 108 valence electrons. The highest BCUT2D eigenvalue weighted by molar-refractivity contribution is 8.33. The predicted octanol–water partition coefficient (Wildman–Crippen LogP) is 4.51. The van der Waals surface area contributed by atoms with E-state index in [1.807, 2.05) is 0 Å². The van der Waals surface area contributed by atoms with E-state index in [2.05, 4.69) is 53.8 Å². The minimum absolute atomic E-state index is 0.00829. The smallest absolute Gasteiger partial charge is 0.345 e. The van der Waals surface area contributed by atoms with Crippen LogP contribution < -0.4 is 0 Å². The van der Waals surface area contributed by atoms with Gasteiger partial charge in [-0.1, -0.05) is 54.7 Å². The lowest BCUT2D eigenvalue weighted by atomic mass is 10.2. The van der Waals surface area contributed by atoms with Crippen LogP contribution in [0.15, 0.2) is 0 Å². The topological polar surface area (TPSA) is 35.5 Å². The third-order valence-electron chi connectivity index (χ3n) is 2.65. The van der Waals surface area contributed by atoms with Crippen molar-refractivity contribution in [1.29, 1.82) is 0 Å². The molecule has 0 amide bonds. The van der Waals surface area contributed by atoms with Crippen molar-refractivity contribution >= 4 is 28.5 Å². The van der Waals surface area contributed by atoms with Crippen LogP contribution >= 0.6 is 28.5 Å². The summed E-state index contributed by atoms with van der Waals surface area (Å²) in [5.74, 6) is 2.40. The van der Waals surface area contributed by atoms with Crippen LogP contribution in [-0.4, -0.2) is 18.0 Å². The van der Waals surface area contributed by atoms with Gasteiger partial charge in [-0.25, -0.2) is 0 Å².